The average molecular weight is 335 g/mol. The summed E-state index contributed by atoms with van der Waals surface area (Å²) in [6.07, 6.45) is 0.863. The Hall–Kier alpha value is -2.58. The van der Waals surface area contributed by atoms with Gasteiger partial charge in [-0.05, 0) is 30.2 Å². The summed E-state index contributed by atoms with van der Waals surface area (Å²) in [5, 5.41) is 10.6. The van der Waals surface area contributed by atoms with Crippen molar-refractivity contribution in [3.63, 3.8) is 0 Å². The number of nitrogens with zero attached hydrogens (tertiary/aromatic N) is 3. The number of hydrogen-bond acceptors (Lipinski definition) is 4. The van der Waals surface area contributed by atoms with E-state index in [-0.39, 0.29) is 5.56 Å². The molecule has 120 valence electrons. The Balaban J connectivity index is 2.00. The molecule has 0 aliphatic rings. The van der Waals surface area contributed by atoms with Gasteiger partial charge in [0.1, 0.15) is 0 Å². The summed E-state index contributed by atoms with van der Waals surface area (Å²) in [6, 6.07) is 17.2. The quantitative estimate of drug-likeness (QED) is 0.523. The summed E-state index contributed by atoms with van der Waals surface area (Å²) in [4.78, 5) is 17.4. The maximum absolute atomic E-state index is 12.7. The molecule has 4 nitrogen and oxygen atoms in total. The highest BCUT2D eigenvalue weighted by atomic mass is 32.2. The lowest BCUT2D eigenvalue weighted by atomic mass is 10.1. The van der Waals surface area contributed by atoms with Crippen LogP contribution in [0.3, 0.4) is 0 Å². The Morgan fingerprint density at radius 1 is 1.17 bits per heavy atom. The second kappa shape index (κ2) is 7.33. The fourth-order valence-electron chi connectivity index (χ4n) is 2.58. The van der Waals surface area contributed by atoms with Crippen LogP contribution in [0.5, 0.6) is 0 Å². The number of para-hydroxylation sites is 1. The van der Waals surface area contributed by atoms with Crippen LogP contribution in [0.25, 0.3) is 10.9 Å². The smallest absolute Gasteiger partial charge is 0.262 e. The van der Waals surface area contributed by atoms with Crippen LogP contribution in [0.1, 0.15) is 24.5 Å². The topological polar surface area (TPSA) is 58.7 Å². The number of benzene rings is 2. The van der Waals surface area contributed by atoms with E-state index in [1.807, 2.05) is 55.5 Å². The zero-order chi connectivity index (χ0) is 16.9. The molecule has 5 heteroatoms. The van der Waals surface area contributed by atoms with Gasteiger partial charge in [-0.15, -0.1) is 0 Å². The first-order valence-electron chi connectivity index (χ1n) is 7.85. The molecule has 0 amide bonds. The molecule has 0 spiro atoms. The number of aromatic nitrogens is 2. The summed E-state index contributed by atoms with van der Waals surface area (Å²) in [7, 11) is 0. The van der Waals surface area contributed by atoms with Crippen molar-refractivity contribution < 1.29 is 0 Å². The standard InChI is InChI=1S/C19H17N3OS/c1-2-11-22-18(23)16-9-5-6-10-17(16)21-19(22)24-13-15-8-4-3-7-14(15)12-20/h3-10H,2,11,13H2,1H3. The SMILES string of the molecule is CCCn1c(SCc2ccccc2C#N)nc2ccccc2c1=O. The van der Waals surface area contributed by atoms with E-state index < -0.39 is 0 Å². The highest BCUT2D eigenvalue weighted by Crippen LogP contribution is 2.24. The Morgan fingerprint density at radius 2 is 1.92 bits per heavy atom. The molecule has 0 bridgehead atoms. The van der Waals surface area contributed by atoms with Crippen LogP contribution in [-0.2, 0) is 12.3 Å². The van der Waals surface area contributed by atoms with Crippen molar-refractivity contribution in [3.05, 3.63) is 70.0 Å². The van der Waals surface area contributed by atoms with Gasteiger partial charge in [-0.3, -0.25) is 9.36 Å². The van der Waals surface area contributed by atoms with Crippen molar-refractivity contribution in [2.24, 2.45) is 0 Å². The normalized spacial score (nSPS) is 10.7. The number of thioether (sulfide) groups is 1. The van der Waals surface area contributed by atoms with Gasteiger partial charge < -0.3 is 0 Å². The van der Waals surface area contributed by atoms with Crippen LogP contribution in [0, 0.1) is 11.3 Å². The van der Waals surface area contributed by atoms with Crippen LogP contribution < -0.4 is 5.56 Å². The zero-order valence-electron chi connectivity index (χ0n) is 13.4. The van der Waals surface area contributed by atoms with Gasteiger partial charge in [-0.25, -0.2) is 4.98 Å². The van der Waals surface area contributed by atoms with Crippen molar-refractivity contribution in [3.8, 4) is 6.07 Å². The summed E-state index contributed by atoms with van der Waals surface area (Å²) >= 11 is 1.50. The Morgan fingerprint density at radius 3 is 2.71 bits per heavy atom. The Labute approximate surface area is 144 Å². The van der Waals surface area contributed by atoms with Crippen LogP contribution in [-0.4, -0.2) is 9.55 Å². The molecule has 24 heavy (non-hydrogen) atoms. The highest BCUT2D eigenvalue weighted by Gasteiger charge is 2.11. The third-order valence-electron chi connectivity index (χ3n) is 3.77. The molecule has 2 aromatic carbocycles. The van der Waals surface area contributed by atoms with Crippen molar-refractivity contribution in [2.75, 3.05) is 0 Å². The molecule has 0 unspecified atom stereocenters. The summed E-state index contributed by atoms with van der Waals surface area (Å²) in [6.45, 7) is 2.68. The largest absolute Gasteiger partial charge is 0.287 e. The first kappa shape index (κ1) is 16.3. The summed E-state index contributed by atoms with van der Waals surface area (Å²) < 4.78 is 1.74. The van der Waals surface area contributed by atoms with Gasteiger partial charge in [0.25, 0.3) is 5.56 Å². The molecule has 0 aliphatic carbocycles. The van der Waals surface area contributed by atoms with E-state index in [1.165, 1.54) is 11.8 Å². The molecule has 3 aromatic rings. The van der Waals surface area contributed by atoms with E-state index in [9.17, 15) is 10.1 Å². The van der Waals surface area contributed by atoms with Crippen LogP contribution in [0.2, 0.25) is 0 Å². The molecular formula is C19H17N3OS. The van der Waals surface area contributed by atoms with Gasteiger partial charge in [0, 0.05) is 12.3 Å². The van der Waals surface area contributed by atoms with Crippen LogP contribution in [0.4, 0.5) is 0 Å². The van der Waals surface area contributed by atoms with Gasteiger partial charge in [-0.2, -0.15) is 5.26 Å². The third-order valence-corrected chi connectivity index (χ3v) is 4.79. The number of rotatable bonds is 5. The molecule has 0 radical (unpaired) electrons. The lowest BCUT2D eigenvalue weighted by Crippen LogP contribution is -2.23. The van der Waals surface area contributed by atoms with Crippen LogP contribution in [0.15, 0.2) is 58.5 Å². The molecule has 1 aromatic heterocycles. The van der Waals surface area contributed by atoms with Gasteiger partial charge in [0.2, 0.25) is 0 Å². The molecule has 0 fully saturated rings. The third kappa shape index (κ3) is 3.19. The van der Waals surface area contributed by atoms with Gasteiger partial charge in [0.15, 0.2) is 5.16 Å². The van der Waals surface area contributed by atoms with Gasteiger partial charge in [-0.1, -0.05) is 49.0 Å². The van der Waals surface area contributed by atoms with E-state index in [2.05, 4.69) is 11.1 Å². The average Bonchev–Trinajstić information content (AvgIpc) is 2.63. The second-order valence-corrected chi connectivity index (χ2v) is 6.37. The van der Waals surface area contributed by atoms with Crippen molar-refractivity contribution >= 4 is 22.7 Å². The zero-order valence-corrected chi connectivity index (χ0v) is 14.2. The molecule has 1 heterocycles. The lowest BCUT2D eigenvalue weighted by Gasteiger charge is -2.12. The molecule has 0 saturated carbocycles. The summed E-state index contributed by atoms with van der Waals surface area (Å²) in [5.41, 5.74) is 2.33. The maximum Gasteiger partial charge on any atom is 0.262 e. The number of fused-ring (bicyclic) bond motifs is 1. The second-order valence-electron chi connectivity index (χ2n) is 5.43. The lowest BCUT2D eigenvalue weighted by molar-refractivity contribution is 0.584. The fraction of sp³-hybridized carbons (Fsp3) is 0.211. The highest BCUT2D eigenvalue weighted by molar-refractivity contribution is 7.98. The van der Waals surface area contributed by atoms with E-state index >= 15 is 0 Å². The van der Waals surface area contributed by atoms with E-state index in [1.54, 1.807) is 4.57 Å². The minimum atomic E-state index is -0.00137. The van der Waals surface area contributed by atoms with Crippen LogP contribution >= 0.6 is 11.8 Å². The Bertz CT molecular complexity index is 972. The van der Waals surface area contributed by atoms with Crippen molar-refractivity contribution in [1.29, 1.82) is 5.26 Å². The first-order chi connectivity index (χ1) is 11.7. The first-order valence-corrected chi connectivity index (χ1v) is 8.83. The number of nitriles is 1. The summed E-state index contributed by atoms with van der Waals surface area (Å²) in [5.74, 6) is 0.609. The molecular weight excluding hydrogens is 318 g/mol. The fourth-order valence-corrected chi connectivity index (χ4v) is 3.61. The minimum absolute atomic E-state index is 0.00137. The predicted octanol–water partition coefficient (Wildman–Crippen LogP) is 3.97. The number of hydrogen-bond donors (Lipinski definition) is 0. The van der Waals surface area contributed by atoms with Gasteiger partial charge >= 0.3 is 0 Å². The van der Waals surface area contributed by atoms with E-state index in [0.717, 1.165) is 12.0 Å². The van der Waals surface area contributed by atoms with E-state index in [0.29, 0.717) is 33.9 Å². The predicted molar refractivity (Wildman–Crippen MR) is 97.0 cm³/mol. The van der Waals surface area contributed by atoms with Gasteiger partial charge in [0.05, 0.1) is 22.5 Å². The Kier molecular flexibility index (Phi) is 4.97. The molecule has 0 aliphatic heterocycles. The molecule has 0 saturated heterocycles. The monoisotopic (exact) mass is 335 g/mol. The molecule has 3 rings (SSSR count). The van der Waals surface area contributed by atoms with Crippen molar-refractivity contribution in [1.82, 2.24) is 9.55 Å². The minimum Gasteiger partial charge on any atom is -0.287 e. The molecule has 0 N–H and O–H groups in total. The molecule has 0 atom stereocenters. The van der Waals surface area contributed by atoms with Crippen molar-refractivity contribution in [2.45, 2.75) is 30.8 Å². The maximum atomic E-state index is 12.7. The van der Waals surface area contributed by atoms with E-state index in [4.69, 9.17) is 0 Å².